The van der Waals surface area contributed by atoms with Gasteiger partial charge in [-0.1, -0.05) is 0 Å². The lowest BCUT2D eigenvalue weighted by atomic mass is 10.3. The van der Waals surface area contributed by atoms with Crippen LogP contribution in [0, 0.1) is 6.92 Å². The van der Waals surface area contributed by atoms with Crippen LogP contribution in [0.1, 0.15) is 10.4 Å². The van der Waals surface area contributed by atoms with Gasteiger partial charge in [-0.2, -0.15) is 5.10 Å². The zero-order chi connectivity index (χ0) is 14.8. The minimum absolute atomic E-state index is 0.0482. The van der Waals surface area contributed by atoms with E-state index < -0.39 is 16.0 Å². The maximum atomic E-state index is 12.0. The van der Waals surface area contributed by atoms with Gasteiger partial charge in [0.15, 0.2) is 0 Å². The smallest absolute Gasteiger partial charge is 0.325 e. The molecule has 0 atom stereocenters. The van der Waals surface area contributed by atoms with Gasteiger partial charge in [-0.05, 0) is 23.9 Å². The molecule has 2 aromatic rings. The number of hydrogen-bond acceptors (Lipinski definition) is 5. The van der Waals surface area contributed by atoms with Crippen LogP contribution >= 0.6 is 11.3 Å². The molecule has 2 N–H and O–H groups in total. The molecule has 0 bridgehead atoms. The van der Waals surface area contributed by atoms with Crippen LogP contribution in [0.4, 0.5) is 0 Å². The Hall–Kier alpha value is -1.71. The summed E-state index contributed by atoms with van der Waals surface area (Å²) in [4.78, 5) is 11.4. The molecular formula is C11H13N3O4S2. The SMILES string of the molecule is Cc1ccsc1CNS(=O)(=O)c1cnn(CC(=O)O)c1. The van der Waals surface area contributed by atoms with Crippen LogP contribution in [-0.2, 0) is 27.9 Å². The quantitative estimate of drug-likeness (QED) is 0.821. The number of nitrogens with one attached hydrogen (secondary N) is 1. The summed E-state index contributed by atoms with van der Waals surface area (Å²) >= 11 is 1.47. The highest BCUT2D eigenvalue weighted by atomic mass is 32.2. The predicted octanol–water partition coefficient (Wildman–Crippen LogP) is 0.816. The van der Waals surface area contributed by atoms with E-state index in [0.29, 0.717) is 0 Å². The van der Waals surface area contributed by atoms with E-state index in [1.54, 1.807) is 0 Å². The molecule has 20 heavy (non-hydrogen) atoms. The zero-order valence-corrected chi connectivity index (χ0v) is 12.2. The van der Waals surface area contributed by atoms with Crippen molar-refractivity contribution in [3.63, 3.8) is 0 Å². The van der Waals surface area contributed by atoms with E-state index >= 15 is 0 Å². The van der Waals surface area contributed by atoms with Gasteiger partial charge in [0.25, 0.3) is 0 Å². The molecule has 0 amide bonds. The molecule has 9 heteroatoms. The van der Waals surface area contributed by atoms with E-state index in [9.17, 15) is 13.2 Å². The van der Waals surface area contributed by atoms with Crippen molar-refractivity contribution in [2.75, 3.05) is 0 Å². The Bertz CT molecular complexity index is 718. The first-order valence-electron chi connectivity index (χ1n) is 5.65. The standard InChI is InChI=1S/C11H13N3O4S2/c1-8-2-3-19-10(8)5-13-20(17,18)9-4-12-14(6-9)7-11(15)16/h2-4,6,13H,5,7H2,1H3,(H,15,16). The summed E-state index contributed by atoms with van der Waals surface area (Å²) in [5.74, 6) is -1.08. The van der Waals surface area contributed by atoms with Crippen molar-refractivity contribution in [2.24, 2.45) is 0 Å². The Labute approximate surface area is 119 Å². The third kappa shape index (κ3) is 3.44. The van der Waals surface area contributed by atoms with Crippen molar-refractivity contribution in [1.82, 2.24) is 14.5 Å². The third-order valence-corrected chi connectivity index (χ3v) is 4.99. The fourth-order valence-corrected chi connectivity index (χ4v) is 3.42. The number of carbonyl (C=O) groups is 1. The second-order valence-electron chi connectivity index (χ2n) is 4.12. The first-order chi connectivity index (χ1) is 9.38. The molecule has 2 aromatic heterocycles. The van der Waals surface area contributed by atoms with Gasteiger partial charge < -0.3 is 5.11 Å². The number of aliphatic carboxylic acids is 1. The number of thiophene rings is 1. The summed E-state index contributed by atoms with van der Waals surface area (Å²) in [6, 6.07) is 1.92. The molecule has 0 unspecified atom stereocenters. The molecule has 2 heterocycles. The monoisotopic (exact) mass is 315 g/mol. The van der Waals surface area contributed by atoms with Crippen molar-refractivity contribution >= 4 is 27.3 Å². The highest BCUT2D eigenvalue weighted by Gasteiger charge is 2.17. The van der Waals surface area contributed by atoms with Gasteiger partial charge in [0, 0.05) is 17.6 Å². The molecule has 0 spiro atoms. The number of hydrogen-bond donors (Lipinski definition) is 2. The lowest BCUT2D eigenvalue weighted by Crippen LogP contribution is -2.22. The van der Waals surface area contributed by atoms with Crippen LogP contribution in [0.5, 0.6) is 0 Å². The first kappa shape index (κ1) is 14.7. The number of nitrogens with zero attached hydrogens (tertiary/aromatic N) is 2. The largest absolute Gasteiger partial charge is 0.480 e. The Balaban J connectivity index is 2.08. The average molecular weight is 315 g/mol. The summed E-state index contributed by atoms with van der Waals surface area (Å²) in [6.07, 6.45) is 2.32. The lowest BCUT2D eigenvalue weighted by Gasteiger charge is -2.03. The summed E-state index contributed by atoms with van der Waals surface area (Å²) < 4.78 is 27.6. The normalized spacial score (nSPS) is 11.7. The van der Waals surface area contributed by atoms with Gasteiger partial charge >= 0.3 is 5.97 Å². The molecule has 0 aromatic carbocycles. The van der Waals surface area contributed by atoms with Crippen LogP contribution in [0.25, 0.3) is 0 Å². The number of sulfonamides is 1. The highest BCUT2D eigenvalue weighted by molar-refractivity contribution is 7.89. The van der Waals surface area contributed by atoms with Crippen molar-refractivity contribution in [3.05, 3.63) is 34.3 Å². The van der Waals surface area contributed by atoms with Gasteiger partial charge in [-0.3, -0.25) is 9.48 Å². The zero-order valence-electron chi connectivity index (χ0n) is 10.6. The molecule has 7 nitrogen and oxygen atoms in total. The lowest BCUT2D eigenvalue weighted by molar-refractivity contribution is -0.137. The van der Waals surface area contributed by atoms with Crippen LogP contribution in [-0.4, -0.2) is 29.3 Å². The van der Waals surface area contributed by atoms with Crippen molar-refractivity contribution < 1.29 is 18.3 Å². The molecule has 2 rings (SSSR count). The molecular weight excluding hydrogens is 302 g/mol. The summed E-state index contributed by atoms with van der Waals surface area (Å²) in [6.45, 7) is 1.74. The van der Waals surface area contributed by atoms with Gasteiger partial charge in [-0.15, -0.1) is 11.3 Å². The average Bonchev–Trinajstić information content (AvgIpc) is 2.95. The summed E-state index contributed by atoms with van der Waals surface area (Å²) in [5, 5.41) is 14.2. The molecule has 0 aliphatic rings. The Morgan fingerprint density at radius 3 is 2.90 bits per heavy atom. The maximum Gasteiger partial charge on any atom is 0.325 e. The fourth-order valence-electron chi connectivity index (χ4n) is 1.54. The number of aryl methyl sites for hydroxylation is 1. The van der Waals surface area contributed by atoms with Crippen molar-refractivity contribution in [1.29, 1.82) is 0 Å². The second kappa shape index (κ2) is 5.73. The molecule has 0 saturated carbocycles. The van der Waals surface area contributed by atoms with Crippen LogP contribution in [0.2, 0.25) is 0 Å². The Morgan fingerprint density at radius 2 is 2.30 bits per heavy atom. The third-order valence-electron chi connectivity index (χ3n) is 2.61. The van der Waals surface area contributed by atoms with E-state index in [0.717, 1.165) is 21.3 Å². The highest BCUT2D eigenvalue weighted by Crippen LogP contribution is 2.16. The van der Waals surface area contributed by atoms with E-state index in [4.69, 9.17) is 5.11 Å². The minimum atomic E-state index is -3.69. The summed E-state index contributed by atoms with van der Waals surface area (Å²) in [5.41, 5.74) is 1.03. The van der Waals surface area contributed by atoms with E-state index in [1.165, 1.54) is 17.5 Å². The minimum Gasteiger partial charge on any atom is -0.480 e. The number of rotatable bonds is 6. The number of carboxylic acid groups (broad SMARTS) is 1. The molecule has 0 fully saturated rings. The van der Waals surface area contributed by atoms with E-state index in [-0.39, 0.29) is 18.0 Å². The Morgan fingerprint density at radius 1 is 1.55 bits per heavy atom. The fraction of sp³-hybridized carbons (Fsp3) is 0.273. The maximum absolute atomic E-state index is 12.0. The predicted molar refractivity (Wildman–Crippen MR) is 72.9 cm³/mol. The van der Waals surface area contributed by atoms with Crippen molar-refractivity contribution in [3.8, 4) is 0 Å². The second-order valence-corrected chi connectivity index (χ2v) is 6.89. The van der Waals surface area contributed by atoms with Gasteiger partial charge in [-0.25, -0.2) is 13.1 Å². The topological polar surface area (TPSA) is 101 Å². The van der Waals surface area contributed by atoms with Crippen LogP contribution in [0.15, 0.2) is 28.7 Å². The Kier molecular flexibility index (Phi) is 4.21. The van der Waals surface area contributed by atoms with Gasteiger partial charge in [0.2, 0.25) is 10.0 Å². The van der Waals surface area contributed by atoms with Crippen LogP contribution in [0.3, 0.4) is 0 Å². The number of carboxylic acids is 1. The molecule has 0 saturated heterocycles. The van der Waals surface area contributed by atoms with E-state index in [2.05, 4.69) is 9.82 Å². The van der Waals surface area contributed by atoms with Gasteiger partial charge in [0.05, 0.1) is 6.20 Å². The van der Waals surface area contributed by atoms with Crippen molar-refractivity contribution in [2.45, 2.75) is 24.9 Å². The first-order valence-corrected chi connectivity index (χ1v) is 8.01. The molecule has 0 radical (unpaired) electrons. The summed E-state index contributed by atoms with van der Waals surface area (Å²) in [7, 11) is -3.69. The number of aromatic nitrogens is 2. The molecule has 0 aliphatic carbocycles. The van der Waals surface area contributed by atoms with Gasteiger partial charge in [0.1, 0.15) is 11.4 Å². The molecule has 108 valence electrons. The van der Waals surface area contributed by atoms with Crippen LogP contribution < -0.4 is 4.72 Å². The van der Waals surface area contributed by atoms with E-state index in [1.807, 2.05) is 18.4 Å². The molecule has 0 aliphatic heterocycles.